The summed E-state index contributed by atoms with van der Waals surface area (Å²) in [7, 11) is 0. The van der Waals surface area contributed by atoms with Crippen LogP contribution in [0.5, 0.6) is 11.5 Å². The van der Waals surface area contributed by atoms with Crippen LogP contribution in [0.2, 0.25) is 0 Å². The fourth-order valence-electron chi connectivity index (χ4n) is 6.76. The van der Waals surface area contributed by atoms with Gasteiger partial charge in [-0.1, -0.05) is 42.5 Å². The van der Waals surface area contributed by atoms with Crippen LogP contribution in [-0.2, 0) is 30.4 Å². The quantitative estimate of drug-likeness (QED) is 0.0492. The van der Waals surface area contributed by atoms with Gasteiger partial charge in [0.15, 0.2) is 0 Å². The van der Waals surface area contributed by atoms with Crippen molar-refractivity contribution in [3.8, 4) is 11.5 Å². The van der Waals surface area contributed by atoms with E-state index < -0.39 is 34.6 Å². The molecule has 58 heavy (non-hydrogen) atoms. The number of ether oxygens (including phenoxy) is 4. The monoisotopic (exact) mass is 786 g/mol. The first kappa shape index (κ1) is 39.3. The number of nitro groups is 1. The Labute approximate surface area is 332 Å². The average Bonchev–Trinajstić information content (AvgIpc) is 3.63. The molecule has 1 unspecified atom stereocenters. The molecule has 296 valence electrons. The van der Waals surface area contributed by atoms with Crippen LogP contribution in [0.3, 0.4) is 0 Å². The first-order chi connectivity index (χ1) is 28.2. The minimum absolute atomic E-state index is 0.0152. The van der Waals surface area contributed by atoms with Crippen molar-refractivity contribution in [3.05, 3.63) is 141 Å². The van der Waals surface area contributed by atoms with Gasteiger partial charge >= 0.3 is 0 Å². The predicted molar refractivity (Wildman–Crippen MR) is 210 cm³/mol. The molecule has 1 N–H and O–H groups in total. The molecule has 3 aliphatic heterocycles. The summed E-state index contributed by atoms with van der Waals surface area (Å²) in [6.07, 6.45) is 5.46. The molecule has 1 atom stereocenters. The second-order valence-electron chi connectivity index (χ2n) is 13.4. The topological polar surface area (TPSA) is 184 Å². The second-order valence-corrected chi connectivity index (χ2v) is 13.4. The number of non-ortho nitro benzene ring substituents is 1. The van der Waals surface area contributed by atoms with Crippen LogP contribution in [0.15, 0.2) is 103 Å². The van der Waals surface area contributed by atoms with Crippen molar-refractivity contribution < 1.29 is 47.8 Å². The highest BCUT2D eigenvalue weighted by Crippen LogP contribution is 2.38. The number of anilines is 1. The third-order valence-corrected chi connectivity index (χ3v) is 9.66. The standard InChI is InChI=1S/C43H38N4O11/c48-39-19-18-38(40(49)44-39)46-42(51)35-17-16-32(26-36(35)43(46)52)58-25-23-56-21-20-55-22-24-57-31-14-10-29(11-15-31)27-45-37-7-2-1-5-33(37)34(41(45)50)6-3-4-28-8-12-30(13-9-28)47(53)54/h1-17,26,38H,18-25,27H2,(H,44,48,49)/b4-3+,34-6+. The molecule has 5 amide bonds. The SMILES string of the molecule is O=C1CCC(N2C(=O)c3ccc(OCCOCCOCCOc4ccc(CN5C(=O)/C(=C/C=C/c6ccc([N+](=O)[O-])cc6)c6ccccc65)cc4)cc3C2=O)C(=O)N1. The van der Waals surface area contributed by atoms with Crippen LogP contribution in [0, 0.1) is 10.1 Å². The maximum Gasteiger partial charge on any atom is 0.269 e. The van der Waals surface area contributed by atoms with Gasteiger partial charge in [0, 0.05) is 29.7 Å². The molecular formula is C43H38N4O11. The van der Waals surface area contributed by atoms with Crippen molar-refractivity contribution in [1.82, 2.24) is 10.2 Å². The van der Waals surface area contributed by atoms with E-state index in [2.05, 4.69) is 5.32 Å². The average molecular weight is 787 g/mol. The Bertz CT molecular complexity index is 2300. The summed E-state index contributed by atoms with van der Waals surface area (Å²) in [4.78, 5) is 76.3. The van der Waals surface area contributed by atoms with E-state index in [9.17, 15) is 34.1 Å². The zero-order valence-electron chi connectivity index (χ0n) is 31.2. The number of hydrogen-bond donors (Lipinski definition) is 1. The lowest BCUT2D eigenvalue weighted by Gasteiger charge is -2.27. The largest absolute Gasteiger partial charge is 0.491 e. The Morgan fingerprint density at radius 1 is 0.724 bits per heavy atom. The number of nitrogens with zero attached hydrogens (tertiary/aromatic N) is 3. The minimum atomic E-state index is -1.03. The number of carbonyl (C=O) groups excluding carboxylic acids is 5. The van der Waals surface area contributed by atoms with E-state index >= 15 is 0 Å². The molecule has 15 heteroatoms. The first-order valence-electron chi connectivity index (χ1n) is 18.6. The second kappa shape index (κ2) is 17.9. The Balaban J connectivity index is 0.791. The normalized spacial score (nSPS) is 16.9. The maximum atomic E-state index is 13.5. The van der Waals surface area contributed by atoms with E-state index in [-0.39, 0.29) is 48.8 Å². The van der Waals surface area contributed by atoms with Crippen molar-refractivity contribution in [3.63, 3.8) is 0 Å². The Kier molecular flexibility index (Phi) is 12.1. The van der Waals surface area contributed by atoms with Gasteiger partial charge in [0.1, 0.15) is 30.8 Å². The third-order valence-electron chi connectivity index (χ3n) is 9.66. The van der Waals surface area contributed by atoms with E-state index in [4.69, 9.17) is 18.9 Å². The molecule has 1 fully saturated rings. The maximum absolute atomic E-state index is 13.5. The molecule has 0 saturated carbocycles. The van der Waals surface area contributed by atoms with Crippen LogP contribution in [0.1, 0.15) is 50.2 Å². The summed E-state index contributed by atoms with van der Waals surface area (Å²) in [6, 6.07) is 24.8. The van der Waals surface area contributed by atoms with Crippen LogP contribution in [-0.4, -0.2) is 85.0 Å². The summed E-state index contributed by atoms with van der Waals surface area (Å²) in [6.45, 7) is 2.13. The van der Waals surface area contributed by atoms with Crippen LogP contribution in [0.4, 0.5) is 11.4 Å². The molecule has 15 nitrogen and oxygen atoms in total. The van der Waals surface area contributed by atoms with Crippen LogP contribution >= 0.6 is 0 Å². The molecule has 3 aliphatic rings. The fourth-order valence-corrected chi connectivity index (χ4v) is 6.76. The number of benzene rings is 4. The van der Waals surface area contributed by atoms with Gasteiger partial charge in [0.2, 0.25) is 11.8 Å². The zero-order chi connectivity index (χ0) is 40.6. The number of nitrogens with one attached hydrogen (secondary N) is 1. The smallest absolute Gasteiger partial charge is 0.269 e. The molecule has 3 heterocycles. The number of nitro benzene ring substituents is 1. The number of allylic oxidation sites excluding steroid dienone is 2. The molecule has 0 radical (unpaired) electrons. The van der Waals surface area contributed by atoms with Crippen LogP contribution in [0.25, 0.3) is 11.6 Å². The molecule has 4 aromatic carbocycles. The molecule has 1 saturated heterocycles. The van der Waals surface area contributed by atoms with Gasteiger partial charge in [-0.15, -0.1) is 0 Å². The van der Waals surface area contributed by atoms with Crippen molar-refractivity contribution in [2.75, 3.05) is 44.5 Å². The van der Waals surface area contributed by atoms with Crippen molar-refractivity contribution >= 4 is 52.6 Å². The Morgan fingerprint density at radius 3 is 2.09 bits per heavy atom. The van der Waals surface area contributed by atoms with Gasteiger partial charge in [-0.05, 0) is 72.2 Å². The molecule has 4 aromatic rings. The van der Waals surface area contributed by atoms with Crippen molar-refractivity contribution in [2.24, 2.45) is 0 Å². The minimum Gasteiger partial charge on any atom is -0.491 e. The summed E-state index contributed by atoms with van der Waals surface area (Å²) in [5.74, 6) is -1.37. The molecule has 0 bridgehead atoms. The number of imide groups is 2. The first-order valence-corrected chi connectivity index (χ1v) is 18.6. The van der Waals surface area contributed by atoms with Gasteiger partial charge in [-0.3, -0.25) is 44.3 Å². The lowest BCUT2D eigenvalue weighted by Crippen LogP contribution is -2.54. The Hall–Kier alpha value is -6.97. The Morgan fingerprint density at radius 2 is 1.38 bits per heavy atom. The van der Waals surface area contributed by atoms with Crippen molar-refractivity contribution in [1.29, 1.82) is 0 Å². The number of amides is 5. The van der Waals surface area contributed by atoms with E-state index in [0.29, 0.717) is 50.0 Å². The highest BCUT2D eigenvalue weighted by molar-refractivity contribution is 6.32. The number of piperidine rings is 1. The molecule has 0 aromatic heterocycles. The summed E-state index contributed by atoms with van der Waals surface area (Å²) in [5.41, 5.74) is 4.24. The van der Waals surface area contributed by atoms with Gasteiger partial charge < -0.3 is 23.8 Å². The van der Waals surface area contributed by atoms with Gasteiger partial charge in [0.25, 0.3) is 23.4 Å². The lowest BCUT2D eigenvalue weighted by molar-refractivity contribution is -0.384. The van der Waals surface area contributed by atoms with Gasteiger partial charge in [-0.25, -0.2) is 0 Å². The van der Waals surface area contributed by atoms with E-state index in [1.165, 1.54) is 24.3 Å². The van der Waals surface area contributed by atoms with E-state index in [1.54, 1.807) is 41.3 Å². The lowest BCUT2D eigenvalue weighted by atomic mass is 10.0. The number of fused-ring (bicyclic) bond motifs is 2. The predicted octanol–water partition coefficient (Wildman–Crippen LogP) is 5.13. The van der Waals surface area contributed by atoms with Gasteiger partial charge in [0.05, 0.1) is 54.7 Å². The highest BCUT2D eigenvalue weighted by atomic mass is 16.6. The number of rotatable bonds is 17. The number of carbonyl (C=O) groups is 5. The molecule has 0 aliphatic carbocycles. The van der Waals surface area contributed by atoms with E-state index in [0.717, 1.165) is 27.3 Å². The summed E-state index contributed by atoms with van der Waals surface area (Å²) in [5, 5.41) is 13.1. The highest BCUT2D eigenvalue weighted by Gasteiger charge is 2.44. The molecular weight excluding hydrogens is 748 g/mol. The van der Waals surface area contributed by atoms with Gasteiger partial charge in [-0.2, -0.15) is 0 Å². The zero-order valence-corrected chi connectivity index (χ0v) is 31.2. The van der Waals surface area contributed by atoms with Crippen molar-refractivity contribution in [2.45, 2.75) is 25.4 Å². The van der Waals surface area contributed by atoms with Crippen LogP contribution < -0.4 is 19.7 Å². The number of hydrogen-bond acceptors (Lipinski definition) is 11. The third kappa shape index (κ3) is 8.85. The number of para-hydroxylation sites is 1. The molecule has 7 rings (SSSR count). The summed E-state index contributed by atoms with van der Waals surface area (Å²) < 4.78 is 22.7. The summed E-state index contributed by atoms with van der Waals surface area (Å²) >= 11 is 0. The fraction of sp³-hybridized carbons (Fsp3) is 0.233. The molecule has 0 spiro atoms. The van der Waals surface area contributed by atoms with E-state index in [1.807, 2.05) is 48.5 Å².